The third-order valence-corrected chi connectivity index (χ3v) is 5.24. The molecule has 0 bridgehead atoms. The van der Waals surface area contributed by atoms with Crippen molar-refractivity contribution in [1.29, 1.82) is 0 Å². The summed E-state index contributed by atoms with van der Waals surface area (Å²) in [5.74, 6) is -0.159. The Kier molecular flexibility index (Phi) is 5.12. The lowest BCUT2D eigenvalue weighted by atomic mass is 10.0. The zero-order valence-corrected chi connectivity index (χ0v) is 16.7. The molecule has 5 heteroatoms. The Morgan fingerprint density at radius 3 is 2.45 bits per heavy atom. The average Bonchev–Trinajstić information content (AvgIpc) is 2.70. The summed E-state index contributed by atoms with van der Waals surface area (Å²) in [7, 11) is 0. The summed E-state index contributed by atoms with van der Waals surface area (Å²) in [5.41, 5.74) is 2.99. The molecule has 4 rings (SSSR count). The van der Waals surface area contributed by atoms with Gasteiger partial charge in [0.2, 0.25) is 11.2 Å². The highest BCUT2D eigenvalue weighted by Gasteiger charge is 2.20. The molecule has 0 aliphatic rings. The smallest absolute Gasteiger partial charge is 0.235 e. The molecular weight excluding hydrogens is 391 g/mol. The fraction of sp³-hybridized carbons (Fsp3) is 0.125. The van der Waals surface area contributed by atoms with Gasteiger partial charge in [-0.3, -0.25) is 4.79 Å². The van der Waals surface area contributed by atoms with Gasteiger partial charge >= 0.3 is 0 Å². The molecule has 0 radical (unpaired) electrons. The molecule has 1 heterocycles. The SMILES string of the molecule is Cc1cc2oc(-c3ccccc3Cl)c(OCc3ccccc3F)c(=O)c2cc1C. The van der Waals surface area contributed by atoms with Crippen molar-refractivity contribution in [3.8, 4) is 17.1 Å². The molecular formula is C24H18ClFO3. The van der Waals surface area contributed by atoms with Crippen molar-refractivity contribution in [3.05, 3.63) is 98.4 Å². The van der Waals surface area contributed by atoms with Gasteiger partial charge in [0.15, 0.2) is 5.76 Å². The summed E-state index contributed by atoms with van der Waals surface area (Å²) >= 11 is 6.36. The second-order valence-electron chi connectivity index (χ2n) is 6.88. The van der Waals surface area contributed by atoms with Gasteiger partial charge in [0, 0.05) is 11.1 Å². The minimum atomic E-state index is -0.400. The number of aryl methyl sites for hydroxylation is 2. The molecule has 3 aromatic carbocycles. The van der Waals surface area contributed by atoms with E-state index in [9.17, 15) is 9.18 Å². The third kappa shape index (κ3) is 3.64. The van der Waals surface area contributed by atoms with Crippen LogP contribution in [0.1, 0.15) is 16.7 Å². The lowest BCUT2D eigenvalue weighted by Crippen LogP contribution is -2.11. The summed E-state index contributed by atoms with van der Waals surface area (Å²) in [6, 6.07) is 16.9. The van der Waals surface area contributed by atoms with Crippen LogP contribution < -0.4 is 10.2 Å². The van der Waals surface area contributed by atoms with E-state index in [1.807, 2.05) is 19.9 Å². The molecule has 4 aromatic rings. The van der Waals surface area contributed by atoms with Crippen LogP contribution in [0.2, 0.25) is 5.02 Å². The number of ether oxygens (including phenoxy) is 1. The van der Waals surface area contributed by atoms with Gasteiger partial charge in [0.05, 0.1) is 10.4 Å². The van der Waals surface area contributed by atoms with Crippen molar-refractivity contribution < 1.29 is 13.5 Å². The minimum Gasteiger partial charge on any atom is -0.481 e. The van der Waals surface area contributed by atoms with Crippen LogP contribution in [-0.4, -0.2) is 0 Å². The van der Waals surface area contributed by atoms with E-state index in [2.05, 4.69) is 0 Å². The molecule has 0 fully saturated rings. The van der Waals surface area contributed by atoms with E-state index in [0.717, 1.165) is 11.1 Å². The Morgan fingerprint density at radius 2 is 1.69 bits per heavy atom. The van der Waals surface area contributed by atoms with Crippen LogP contribution in [-0.2, 0) is 6.61 Å². The predicted molar refractivity (Wildman–Crippen MR) is 113 cm³/mol. The van der Waals surface area contributed by atoms with Gasteiger partial charge < -0.3 is 9.15 Å². The van der Waals surface area contributed by atoms with Gasteiger partial charge in [-0.05, 0) is 55.3 Å². The van der Waals surface area contributed by atoms with E-state index >= 15 is 0 Å². The predicted octanol–water partition coefficient (Wildman–Crippen LogP) is 6.45. The molecule has 1 aromatic heterocycles. The van der Waals surface area contributed by atoms with E-state index in [4.69, 9.17) is 20.8 Å². The van der Waals surface area contributed by atoms with Crippen LogP contribution in [0, 0.1) is 19.7 Å². The summed E-state index contributed by atoms with van der Waals surface area (Å²) in [5, 5.41) is 0.835. The molecule has 0 saturated carbocycles. The number of hydrogen-bond acceptors (Lipinski definition) is 3. The van der Waals surface area contributed by atoms with E-state index < -0.39 is 5.82 Å². The van der Waals surface area contributed by atoms with Crippen molar-refractivity contribution in [2.45, 2.75) is 20.5 Å². The molecule has 0 atom stereocenters. The van der Waals surface area contributed by atoms with Crippen molar-refractivity contribution >= 4 is 22.6 Å². The zero-order chi connectivity index (χ0) is 20.5. The Hall–Kier alpha value is -3.11. The lowest BCUT2D eigenvalue weighted by molar-refractivity contribution is 0.292. The number of fused-ring (bicyclic) bond motifs is 1. The molecule has 0 N–H and O–H groups in total. The molecule has 0 spiro atoms. The number of hydrogen-bond donors (Lipinski definition) is 0. The van der Waals surface area contributed by atoms with Crippen LogP contribution in [0.15, 0.2) is 69.9 Å². The van der Waals surface area contributed by atoms with Crippen LogP contribution in [0.3, 0.4) is 0 Å². The lowest BCUT2D eigenvalue weighted by Gasteiger charge is -2.14. The normalized spacial score (nSPS) is 11.0. The number of benzene rings is 3. The fourth-order valence-electron chi connectivity index (χ4n) is 3.15. The van der Waals surface area contributed by atoms with Gasteiger partial charge in [0.25, 0.3) is 0 Å². The number of halogens is 2. The van der Waals surface area contributed by atoms with Gasteiger partial charge in [-0.25, -0.2) is 4.39 Å². The quantitative estimate of drug-likeness (QED) is 0.389. The standard InChI is InChI=1S/C24H18ClFO3/c1-14-11-18-21(12-15(14)2)29-23(17-8-4-5-9-19(17)25)24(22(18)27)28-13-16-7-3-6-10-20(16)26/h3-12H,13H2,1-2H3. The highest BCUT2D eigenvalue weighted by Crippen LogP contribution is 2.36. The molecule has 0 saturated heterocycles. The molecule has 29 heavy (non-hydrogen) atoms. The van der Waals surface area contributed by atoms with Crippen LogP contribution in [0.4, 0.5) is 4.39 Å². The van der Waals surface area contributed by atoms with Gasteiger partial charge in [-0.2, -0.15) is 0 Å². The monoisotopic (exact) mass is 408 g/mol. The van der Waals surface area contributed by atoms with Gasteiger partial charge in [-0.15, -0.1) is 0 Å². The highest BCUT2D eigenvalue weighted by atomic mass is 35.5. The summed E-state index contributed by atoms with van der Waals surface area (Å²) in [6.07, 6.45) is 0. The molecule has 0 aliphatic heterocycles. The first kappa shape index (κ1) is 19.2. The Morgan fingerprint density at radius 1 is 1.00 bits per heavy atom. The van der Waals surface area contributed by atoms with E-state index in [-0.39, 0.29) is 23.5 Å². The summed E-state index contributed by atoms with van der Waals surface area (Å²) in [6.45, 7) is 3.77. The first-order chi connectivity index (χ1) is 14.0. The number of rotatable bonds is 4. The molecule has 0 aliphatic carbocycles. The van der Waals surface area contributed by atoms with E-state index in [1.165, 1.54) is 6.07 Å². The second kappa shape index (κ2) is 7.72. The Labute approximate surface area is 172 Å². The first-order valence-corrected chi connectivity index (χ1v) is 9.52. The Bertz CT molecular complexity index is 1280. The van der Waals surface area contributed by atoms with E-state index in [0.29, 0.717) is 27.1 Å². The summed E-state index contributed by atoms with van der Waals surface area (Å²) < 4.78 is 25.9. The molecule has 0 amide bonds. The molecule has 3 nitrogen and oxygen atoms in total. The van der Waals surface area contributed by atoms with Crippen LogP contribution >= 0.6 is 11.6 Å². The van der Waals surface area contributed by atoms with Gasteiger partial charge in [-0.1, -0.05) is 41.9 Å². The maximum absolute atomic E-state index is 14.0. The molecule has 0 unspecified atom stereocenters. The molecule has 146 valence electrons. The van der Waals surface area contributed by atoms with Crippen molar-refractivity contribution in [2.24, 2.45) is 0 Å². The zero-order valence-electron chi connectivity index (χ0n) is 16.0. The van der Waals surface area contributed by atoms with E-state index in [1.54, 1.807) is 48.5 Å². The third-order valence-electron chi connectivity index (χ3n) is 4.91. The Balaban J connectivity index is 1.92. The summed E-state index contributed by atoms with van der Waals surface area (Å²) in [4.78, 5) is 13.3. The van der Waals surface area contributed by atoms with Crippen LogP contribution in [0.25, 0.3) is 22.3 Å². The van der Waals surface area contributed by atoms with Crippen LogP contribution in [0.5, 0.6) is 5.75 Å². The maximum Gasteiger partial charge on any atom is 0.235 e. The van der Waals surface area contributed by atoms with Crippen molar-refractivity contribution in [2.75, 3.05) is 0 Å². The largest absolute Gasteiger partial charge is 0.481 e. The average molecular weight is 409 g/mol. The van der Waals surface area contributed by atoms with Gasteiger partial charge in [0.1, 0.15) is 18.0 Å². The fourth-order valence-corrected chi connectivity index (χ4v) is 3.37. The topological polar surface area (TPSA) is 39.4 Å². The highest BCUT2D eigenvalue weighted by molar-refractivity contribution is 6.33. The second-order valence-corrected chi connectivity index (χ2v) is 7.29. The minimum absolute atomic E-state index is 0.0112. The maximum atomic E-state index is 14.0. The first-order valence-electron chi connectivity index (χ1n) is 9.15. The van der Waals surface area contributed by atoms with Crippen molar-refractivity contribution in [3.63, 3.8) is 0 Å². The van der Waals surface area contributed by atoms with Crippen molar-refractivity contribution in [1.82, 2.24) is 0 Å².